The van der Waals surface area contributed by atoms with Crippen LogP contribution in [0.4, 0.5) is 0 Å². The topological polar surface area (TPSA) is 91.0 Å². The average molecular weight is 504 g/mol. The van der Waals surface area contributed by atoms with Gasteiger partial charge in [-0.1, -0.05) is 68.4 Å². The third kappa shape index (κ3) is 7.25. The smallest absolute Gasteiger partial charge is 0.225 e. The summed E-state index contributed by atoms with van der Waals surface area (Å²) < 4.78 is 0. The molecule has 5 N–H and O–H groups in total. The first-order chi connectivity index (χ1) is 17.4. The SMILES string of the molecule is CC(C)(CCNCC(=N)N)C(=O)NCCCC[P+](c1ccccc1)(c1ccccc1)c1ccccc1. The predicted molar refractivity (Wildman–Crippen MR) is 155 cm³/mol. The zero-order valence-electron chi connectivity index (χ0n) is 21.5. The third-order valence-corrected chi connectivity index (χ3v) is 11.2. The van der Waals surface area contributed by atoms with Crippen LogP contribution in [0.15, 0.2) is 91.0 Å². The highest BCUT2D eigenvalue weighted by molar-refractivity contribution is 7.95. The standard InChI is InChI=1S/C30H39N4OP/c1-30(2,20-22-33-24-28(31)32)29(35)34-21-12-13-23-36(25-14-6-3-7-15-25,26-16-8-4-9-17-26)27-18-10-5-11-19-27/h3-11,14-19,33H,12-13,20-24H2,1-2H3,(H3-,31,32,34,35)/p+1. The van der Waals surface area contributed by atoms with E-state index in [1.165, 1.54) is 15.9 Å². The fraction of sp³-hybridized carbons (Fsp3) is 0.333. The van der Waals surface area contributed by atoms with Crippen molar-refractivity contribution in [1.82, 2.24) is 10.6 Å². The maximum atomic E-state index is 12.8. The maximum Gasteiger partial charge on any atom is 0.225 e. The summed E-state index contributed by atoms with van der Waals surface area (Å²) in [5.41, 5.74) is 4.91. The molecule has 0 spiro atoms. The number of hydrogen-bond acceptors (Lipinski definition) is 3. The van der Waals surface area contributed by atoms with Gasteiger partial charge in [0.25, 0.3) is 0 Å². The van der Waals surface area contributed by atoms with Crippen LogP contribution in [0.25, 0.3) is 0 Å². The molecule has 0 unspecified atom stereocenters. The fourth-order valence-electron chi connectivity index (χ4n) is 4.53. The minimum Gasteiger partial charge on any atom is -0.387 e. The highest BCUT2D eigenvalue weighted by Crippen LogP contribution is 2.55. The van der Waals surface area contributed by atoms with Crippen LogP contribution in [0.3, 0.4) is 0 Å². The van der Waals surface area contributed by atoms with E-state index in [4.69, 9.17) is 11.1 Å². The molecule has 0 radical (unpaired) electrons. The summed E-state index contributed by atoms with van der Waals surface area (Å²) in [6, 6.07) is 32.8. The molecule has 6 heteroatoms. The molecule has 1 amide bonds. The first-order valence-corrected chi connectivity index (χ1v) is 14.7. The van der Waals surface area contributed by atoms with Crippen molar-refractivity contribution >= 4 is 34.9 Å². The molecular formula is C30H40N4OP+. The summed E-state index contributed by atoms with van der Waals surface area (Å²) in [6.45, 7) is 5.61. The van der Waals surface area contributed by atoms with Crippen molar-refractivity contribution in [2.75, 3.05) is 25.8 Å². The van der Waals surface area contributed by atoms with Gasteiger partial charge in [0.1, 0.15) is 29.0 Å². The van der Waals surface area contributed by atoms with Gasteiger partial charge in [-0.25, -0.2) is 0 Å². The van der Waals surface area contributed by atoms with Gasteiger partial charge in [-0.2, -0.15) is 0 Å². The van der Waals surface area contributed by atoms with Crippen molar-refractivity contribution in [3.05, 3.63) is 91.0 Å². The van der Waals surface area contributed by atoms with E-state index in [1.54, 1.807) is 0 Å². The summed E-state index contributed by atoms with van der Waals surface area (Å²) >= 11 is 0. The van der Waals surface area contributed by atoms with Crippen LogP contribution < -0.4 is 32.3 Å². The summed E-state index contributed by atoms with van der Waals surface area (Å²) in [6.07, 6.45) is 3.70. The van der Waals surface area contributed by atoms with Crippen molar-refractivity contribution < 1.29 is 4.79 Å². The van der Waals surface area contributed by atoms with Gasteiger partial charge >= 0.3 is 0 Å². The highest BCUT2D eigenvalue weighted by Gasteiger charge is 2.44. The van der Waals surface area contributed by atoms with Crippen LogP contribution in [-0.4, -0.2) is 37.5 Å². The number of amides is 1. The Bertz CT molecular complexity index is 991. The Morgan fingerprint density at radius 2 is 1.28 bits per heavy atom. The zero-order valence-corrected chi connectivity index (χ0v) is 22.4. The van der Waals surface area contributed by atoms with Gasteiger partial charge in [-0.3, -0.25) is 10.2 Å². The van der Waals surface area contributed by atoms with Gasteiger partial charge in [0.2, 0.25) is 5.91 Å². The third-order valence-electron chi connectivity index (χ3n) is 6.65. The number of rotatable bonds is 14. The molecule has 36 heavy (non-hydrogen) atoms. The number of amidine groups is 1. The average Bonchev–Trinajstić information content (AvgIpc) is 2.90. The summed E-state index contributed by atoms with van der Waals surface area (Å²) in [7, 11) is -1.82. The van der Waals surface area contributed by atoms with Crippen molar-refractivity contribution in [2.24, 2.45) is 11.1 Å². The van der Waals surface area contributed by atoms with Gasteiger partial charge in [0, 0.05) is 12.0 Å². The molecule has 0 aromatic heterocycles. The number of nitrogens with two attached hydrogens (primary N) is 1. The van der Waals surface area contributed by atoms with E-state index < -0.39 is 12.7 Å². The van der Waals surface area contributed by atoms with Gasteiger partial charge in [-0.05, 0) is 62.2 Å². The molecule has 3 aromatic rings. The molecule has 0 fully saturated rings. The van der Waals surface area contributed by atoms with Gasteiger partial charge < -0.3 is 16.4 Å². The second kappa shape index (κ2) is 13.3. The number of benzene rings is 3. The van der Waals surface area contributed by atoms with Gasteiger partial charge in [0.15, 0.2) is 0 Å². The molecule has 0 bridgehead atoms. The normalized spacial score (nSPS) is 11.7. The Balaban J connectivity index is 1.68. The molecule has 0 saturated heterocycles. The molecule has 3 aromatic carbocycles. The van der Waals surface area contributed by atoms with Gasteiger partial charge in [0.05, 0.1) is 12.7 Å². The van der Waals surface area contributed by atoms with Gasteiger partial charge in [-0.15, -0.1) is 0 Å². The molecule has 0 aliphatic heterocycles. The Kier molecular flexibility index (Phi) is 10.2. The Morgan fingerprint density at radius 1 is 0.806 bits per heavy atom. The molecule has 190 valence electrons. The quantitative estimate of drug-likeness (QED) is 0.117. The van der Waals surface area contributed by atoms with Crippen molar-refractivity contribution in [3.63, 3.8) is 0 Å². The molecule has 5 nitrogen and oxygen atoms in total. The minimum absolute atomic E-state index is 0.0716. The van der Waals surface area contributed by atoms with E-state index in [0.29, 0.717) is 26.1 Å². The Hall–Kier alpha value is -3.01. The lowest BCUT2D eigenvalue weighted by atomic mass is 9.88. The van der Waals surface area contributed by atoms with Crippen LogP contribution in [0, 0.1) is 10.8 Å². The van der Waals surface area contributed by atoms with E-state index in [2.05, 4.69) is 102 Å². The maximum absolute atomic E-state index is 12.8. The number of nitrogens with one attached hydrogen (secondary N) is 3. The van der Waals surface area contributed by atoms with Crippen LogP contribution in [0.1, 0.15) is 33.1 Å². The Labute approximate surface area is 216 Å². The molecule has 0 heterocycles. The number of carbonyl (C=O) groups is 1. The molecule has 0 aliphatic rings. The number of unbranched alkanes of at least 4 members (excludes halogenated alkanes) is 1. The minimum atomic E-state index is -1.82. The molecule has 0 saturated carbocycles. The number of hydrogen-bond donors (Lipinski definition) is 4. The molecular weight excluding hydrogens is 463 g/mol. The van der Waals surface area contributed by atoms with E-state index in [0.717, 1.165) is 19.0 Å². The van der Waals surface area contributed by atoms with Crippen LogP contribution in [0.5, 0.6) is 0 Å². The lowest BCUT2D eigenvalue weighted by Crippen LogP contribution is -2.40. The Morgan fingerprint density at radius 3 is 1.72 bits per heavy atom. The van der Waals surface area contributed by atoms with Crippen molar-refractivity contribution in [2.45, 2.75) is 33.1 Å². The summed E-state index contributed by atoms with van der Waals surface area (Å²) in [5.74, 6) is 0.181. The molecule has 3 rings (SSSR count). The highest BCUT2D eigenvalue weighted by atomic mass is 31.2. The van der Waals surface area contributed by atoms with E-state index >= 15 is 0 Å². The first-order valence-electron chi connectivity index (χ1n) is 12.7. The van der Waals surface area contributed by atoms with Crippen molar-refractivity contribution in [3.8, 4) is 0 Å². The fourth-order valence-corrected chi connectivity index (χ4v) is 8.94. The zero-order chi connectivity index (χ0) is 25.9. The second-order valence-corrected chi connectivity index (χ2v) is 13.5. The lowest BCUT2D eigenvalue weighted by Gasteiger charge is -2.28. The van der Waals surface area contributed by atoms with E-state index in [9.17, 15) is 4.79 Å². The lowest BCUT2D eigenvalue weighted by molar-refractivity contribution is -0.129. The van der Waals surface area contributed by atoms with Crippen molar-refractivity contribution in [1.29, 1.82) is 5.41 Å². The second-order valence-electron chi connectivity index (χ2n) is 9.84. The largest absolute Gasteiger partial charge is 0.387 e. The van der Waals surface area contributed by atoms with Crippen LogP contribution >= 0.6 is 7.26 Å². The van der Waals surface area contributed by atoms with Crippen LogP contribution in [0.2, 0.25) is 0 Å². The molecule has 0 atom stereocenters. The first kappa shape index (κ1) is 27.6. The van der Waals surface area contributed by atoms with Crippen LogP contribution in [-0.2, 0) is 4.79 Å². The summed E-state index contributed by atoms with van der Waals surface area (Å²) in [5, 5.41) is 17.7. The summed E-state index contributed by atoms with van der Waals surface area (Å²) in [4.78, 5) is 12.8. The number of carbonyl (C=O) groups excluding carboxylic acids is 1. The van der Waals surface area contributed by atoms with E-state index in [-0.39, 0.29) is 11.7 Å². The molecule has 0 aliphatic carbocycles. The predicted octanol–water partition coefficient (Wildman–Crippen LogP) is 3.82. The monoisotopic (exact) mass is 503 g/mol. The van der Waals surface area contributed by atoms with E-state index in [1.807, 2.05) is 13.8 Å².